The minimum absolute atomic E-state index is 0.465. The van der Waals surface area contributed by atoms with Gasteiger partial charge in [0.1, 0.15) is 0 Å². The Kier molecular flexibility index (Phi) is 10.0. The number of hydrogen-bond acceptors (Lipinski definition) is 1. The first-order chi connectivity index (χ1) is 26.3. The zero-order chi connectivity index (χ0) is 37.2. The van der Waals surface area contributed by atoms with Crippen molar-refractivity contribution in [1.29, 1.82) is 0 Å². The Morgan fingerprint density at radius 3 is 2.22 bits per heavy atom. The maximum absolute atomic E-state index is 3.31. The van der Waals surface area contributed by atoms with E-state index in [1.54, 1.807) is 0 Å². The summed E-state index contributed by atoms with van der Waals surface area (Å²) in [4.78, 5) is 1.48. The van der Waals surface area contributed by atoms with Crippen molar-refractivity contribution in [3.05, 3.63) is 201 Å². The highest BCUT2D eigenvalue weighted by atomic mass is 32.1. The molecule has 5 aromatic carbocycles. The highest BCUT2D eigenvalue weighted by molar-refractivity contribution is 7.19. The van der Waals surface area contributed by atoms with E-state index >= 15 is 0 Å². The second kappa shape index (κ2) is 15.3. The summed E-state index contributed by atoms with van der Waals surface area (Å²) in [5.41, 5.74) is 22.5. The topological polar surface area (TPSA) is 0 Å². The molecule has 6 aromatic rings. The fraction of sp³-hybridized carbons (Fsp3) is 0.151. The lowest BCUT2D eigenvalue weighted by Crippen LogP contribution is -2.07. The van der Waals surface area contributed by atoms with E-state index in [9.17, 15) is 0 Å². The molecule has 2 aliphatic rings. The van der Waals surface area contributed by atoms with Crippen LogP contribution in [-0.2, 0) is 6.42 Å². The van der Waals surface area contributed by atoms with E-state index in [2.05, 4.69) is 192 Å². The molecule has 54 heavy (non-hydrogen) atoms. The summed E-state index contributed by atoms with van der Waals surface area (Å²) in [5, 5.41) is 1.37. The van der Waals surface area contributed by atoms with Crippen molar-refractivity contribution in [2.75, 3.05) is 0 Å². The molecule has 1 heteroatoms. The Morgan fingerprint density at radius 2 is 1.41 bits per heavy atom. The highest BCUT2D eigenvalue weighted by Gasteiger charge is 2.19. The first-order valence-corrected chi connectivity index (χ1v) is 19.9. The van der Waals surface area contributed by atoms with Crippen molar-refractivity contribution in [3.63, 3.8) is 0 Å². The maximum Gasteiger partial charge on any atom is 0.0351 e. The molecule has 0 fully saturated rings. The second-order valence-corrected chi connectivity index (χ2v) is 16.0. The minimum Gasteiger partial charge on any atom is -0.140 e. The summed E-state index contributed by atoms with van der Waals surface area (Å²) in [6.45, 7) is 11.0. The second-order valence-electron chi connectivity index (χ2n) is 14.9. The molecule has 1 atom stereocenters. The molecule has 0 N–H and O–H groups in total. The van der Waals surface area contributed by atoms with Crippen LogP contribution in [0.2, 0.25) is 0 Å². The number of rotatable bonds is 8. The summed E-state index contributed by atoms with van der Waals surface area (Å²) in [7, 11) is 0. The van der Waals surface area contributed by atoms with Crippen molar-refractivity contribution < 1.29 is 0 Å². The predicted molar refractivity (Wildman–Crippen MR) is 237 cm³/mol. The first kappa shape index (κ1) is 35.3. The number of aryl methyl sites for hydroxylation is 1. The van der Waals surface area contributed by atoms with E-state index in [-0.39, 0.29) is 0 Å². The first-order valence-electron chi connectivity index (χ1n) is 19.1. The van der Waals surface area contributed by atoms with Crippen molar-refractivity contribution >= 4 is 38.6 Å². The number of benzene rings is 5. The summed E-state index contributed by atoms with van der Waals surface area (Å²) in [5.74, 6) is 0.465. The molecule has 0 saturated heterocycles. The van der Waals surface area contributed by atoms with E-state index in [0.717, 1.165) is 12.8 Å². The Bertz CT molecular complexity index is 2640. The number of fused-ring (bicyclic) bond motifs is 1. The Labute approximate surface area is 325 Å². The van der Waals surface area contributed by atoms with Crippen LogP contribution >= 0.6 is 11.3 Å². The normalized spacial score (nSPS) is 15.6. The fourth-order valence-corrected chi connectivity index (χ4v) is 9.53. The summed E-state index contributed by atoms with van der Waals surface area (Å²) < 4.78 is 1.38. The van der Waals surface area contributed by atoms with Gasteiger partial charge in [0, 0.05) is 9.58 Å². The molecule has 2 aliphatic carbocycles. The lowest BCUT2D eigenvalue weighted by atomic mass is 9.85. The van der Waals surface area contributed by atoms with Crippen LogP contribution in [-0.4, -0.2) is 0 Å². The third-order valence-electron chi connectivity index (χ3n) is 10.8. The smallest absolute Gasteiger partial charge is 0.0351 e. The van der Waals surface area contributed by atoms with Crippen molar-refractivity contribution in [3.8, 4) is 33.4 Å². The van der Waals surface area contributed by atoms with Crippen LogP contribution in [0.3, 0.4) is 0 Å². The van der Waals surface area contributed by atoms with Gasteiger partial charge in [0.05, 0.1) is 0 Å². The molecule has 0 saturated carbocycles. The molecule has 0 spiro atoms. The molecule has 1 unspecified atom stereocenters. The third kappa shape index (κ3) is 7.27. The van der Waals surface area contributed by atoms with Gasteiger partial charge in [-0.05, 0) is 173 Å². The van der Waals surface area contributed by atoms with Crippen LogP contribution in [0.4, 0.5) is 0 Å². The molecular formula is C53H46S. The van der Waals surface area contributed by atoms with Gasteiger partial charge >= 0.3 is 0 Å². The third-order valence-corrected chi connectivity index (χ3v) is 12.0. The van der Waals surface area contributed by atoms with Gasteiger partial charge in [-0.2, -0.15) is 0 Å². The molecule has 1 aromatic heterocycles. The van der Waals surface area contributed by atoms with Gasteiger partial charge < -0.3 is 0 Å². The molecule has 0 bridgehead atoms. The van der Waals surface area contributed by atoms with E-state index in [1.165, 1.54) is 98.5 Å². The average molecular weight is 715 g/mol. The Hall–Kier alpha value is -5.72. The minimum atomic E-state index is 0.465. The number of hydrogen-bond donors (Lipinski definition) is 0. The van der Waals surface area contributed by atoms with Gasteiger partial charge in [0.25, 0.3) is 0 Å². The number of allylic oxidation sites excluding steroid dienone is 10. The predicted octanol–water partition coefficient (Wildman–Crippen LogP) is 15.2. The van der Waals surface area contributed by atoms with Crippen molar-refractivity contribution in [2.24, 2.45) is 5.92 Å². The van der Waals surface area contributed by atoms with E-state index in [1.807, 2.05) is 17.4 Å². The van der Waals surface area contributed by atoms with Gasteiger partial charge in [-0.1, -0.05) is 127 Å². The fourth-order valence-electron chi connectivity index (χ4n) is 8.24. The molecule has 0 amide bonds. The average Bonchev–Trinajstić information content (AvgIpc) is 3.37. The summed E-state index contributed by atoms with van der Waals surface area (Å²) >= 11 is 1.95. The molecule has 0 radical (unpaired) electrons. The van der Waals surface area contributed by atoms with E-state index in [4.69, 9.17) is 0 Å². The molecule has 0 nitrogen and oxygen atoms in total. The van der Waals surface area contributed by atoms with Crippen molar-refractivity contribution in [1.82, 2.24) is 0 Å². The van der Waals surface area contributed by atoms with Crippen molar-refractivity contribution in [2.45, 2.75) is 47.5 Å². The molecule has 264 valence electrons. The zero-order valence-electron chi connectivity index (χ0n) is 31.9. The SMILES string of the molecule is C/C=C\c1c(CC2C=C(c3cccc(-c4cccc(-c5cc(C)cc(-c6cccc(C7=C(C)C=CC=C=C7)c6C)c5)c4)c3)C=C(C)C2)sc2ccccc12. The van der Waals surface area contributed by atoms with Gasteiger partial charge in [-0.25, -0.2) is 0 Å². The Balaban J connectivity index is 1.10. The van der Waals surface area contributed by atoms with Gasteiger partial charge in [-0.15, -0.1) is 17.1 Å². The molecule has 8 rings (SSSR count). The maximum atomic E-state index is 3.31. The van der Waals surface area contributed by atoms with Crippen LogP contribution in [0.5, 0.6) is 0 Å². The number of thiophene rings is 1. The van der Waals surface area contributed by atoms with Crippen LogP contribution in [0, 0.1) is 19.8 Å². The Morgan fingerprint density at radius 1 is 0.722 bits per heavy atom. The summed E-state index contributed by atoms with van der Waals surface area (Å²) in [6, 6.07) is 40.7. The van der Waals surface area contributed by atoms with Gasteiger partial charge in [0.2, 0.25) is 0 Å². The van der Waals surface area contributed by atoms with Gasteiger partial charge in [-0.3, -0.25) is 0 Å². The lowest BCUT2D eigenvalue weighted by molar-refractivity contribution is 0.641. The van der Waals surface area contributed by atoms with Crippen LogP contribution in [0.15, 0.2) is 169 Å². The molecule has 0 aliphatic heterocycles. The standard InChI is InChI=1S/C53H46S/c1-6-15-50-51-22-10-11-25-52(51)54-53(50)31-39-26-35(2)27-44(30-39)42-19-12-17-40(32-42)41-18-13-20-43(33-41)45-28-36(3)29-46(34-45)48-23-14-24-49(38(48)5)47-21-9-7-8-16-37(47)4/h6-8,10-25,27-30,32-34,39H,26,31H2,1-5H3/b15-6-. The van der Waals surface area contributed by atoms with Crippen LogP contribution in [0.25, 0.3) is 60.7 Å². The van der Waals surface area contributed by atoms with E-state index < -0.39 is 0 Å². The zero-order valence-corrected chi connectivity index (χ0v) is 32.7. The van der Waals surface area contributed by atoms with Crippen LogP contribution in [0.1, 0.15) is 59.9 Å². The largest absolute Gasteiger partial charge is 0.140 e. The van der Waals surface area contributed by atoms with Crippen LogP contribution < -0.4 is 0 Å². The lowest BCUT2D eigenvalue weighted by Gasteiger charge is -2.21. The monoisotopic (exact) mass is 714 g/mol. The highest BCUT2D eigenvalue weighted by Crippen LogP contribution is 2.39. The molecule has 1 heterocycles. The van der Waals surface area contributed by atoms with E-state index in [0.29, 0.717) is 5.92 Å². The van der Waals surface area contributed by atoms with Gasteiger partial charge in [0.15, 0.2) is 0 Å². The quantitative estimate of drug-likeness (QED) is 0.138. The summed E-state index contributed by atoms with van der Waals surface area (Å²) in [6.07, 6.45) is 19.9. The molecular weight excluding hydrogens is 669 g/mol.